The van der Waals surface area contributed by atoms with Gasteiger partial charge in [0.1, 0.15) is 5.82 Å². The zero-order valence-electron chi connectivity index (χ0n) is 15.6. The molecule has 2 atom stereocenters. The zero-order chi connectivity index (χ0) is 16.4. The monoisotopic (exact) mass is 317 g/mol. The second-order valence-electron chi connectivity index (χ2n) is 8.26. The van der Waals surface area contributed by atoms with Crippen LogP contribution < -0.4 is 0 Å². The molecule has 0 aromatic carbocycles. The van der Waals surface area contributed by atoms with Gasteiger partial charge < -0.3 is 9.47 Å². The van der Waals surface area contributed by atoms with Crippen LogP contribution in [0.5, 0.6) is 0 Å². The Bertz CT molecular complexity index is 497. The van der Waals surface area contributed by atoms with Crippen LogP contribution in [0.2, 0.25) is 0 Å². The molecule has 0 aliphatic carbocycles. The van der Waals surface area contributed by atoms with Gasteiger partial charge in [-0.1, -0.05) is 20.8 Å². The van der Waals surface area contributed by atoms with Crippen molar-refractivity contribution >= 4 is 0 Å². The quantitative estimate of drug-likeness (QED) is 0.813. The Kier molecular flexibility index (Phi) is 5.45. The van der Waals surface area contributed by atoms with Crippen LogP contribution in [0.15, 0.2) is 6.20 Å². The van der Waals surface area contributed by atoms with Crippen molar-refractivity contribution in [1.29, 1.82) is 0 Å². The molecule has 2 unspecified atom stereocenters. The second-order valence-corrected chi connectivity index (χ2v) is 8.26. The molecule has 1 aromatic heterocycles. The number of hydrogen-bond acceptors (Lipinski definition) is 2. The number of aromatic nitrogens is 2. The molecule has 0 amide bonds. The molecule has 1 saturated heterocycles. The van der Waals surface area contributed by atoms with Crippen LogP contribution in [0, 0.1) is 17.8 Å². The molecule has 0 bridgehead atoms. The molecule has 3 rings (SSSR count). The normalized spacial score (nSPS) is 24.8. The molecule has 0 saturated carbocycles. The molecular formula is C20H35N3. The van der Waals surface area contributed by atoms with Crippen molar-refractivity contribution in [3.63, 3.8) is 0 Å². The molecule has 0 N–H and O–H groups in total. The van der Waals surface area contributed by atoms with Crippen molar-refractivity contribution in [3.05, 3.63) is 17.7 Å². The zero-order valence-corrected chi connectivity index (χ0v) is 15.6. The summed E-state index contributed by atoms with van der Waals surface area (Å²) < 4.78 is 2.54. The maximum atomic E-state index is 4.81. The highest BCUT2D eigenvalue weighted by Gasteiger charge is 2.26. The molecule has 23 heavy (non-hydrogen) atoms. The lowest BCUT2D eigenvalue weighted by molar-refractivity contribution is 0.136. The molecule has 3 heteroatoms. The first-order valence-electron chi connectivity index (χ1n) is 9.85. The highest BCUT2D eigenvalue weighted by atomic mass is 15.2. The second kappa shape index (κ2) is 7.38. The average Bonchev–Trinajstić information content (AvgIpc) is 2.97. The van der Waals surface area contributed by atoms with Crippen LogP contribution >= 0.6 is 0 Å². The first-order valence-corrected chi connectivity index (χ1v) is 9.85. The van der Waals surface area contributed by atoms with Crippen molar-refractivity contribution in [2.75, 3.05) is 13.1 Å². The third-order valence-electron chi connectivity index (χ3n) is 6.49. The van der Waals surface area contributed by atoms with Crippen molar-refractivity contribution in [2.45, 2.75) is 78.8 Å². The van der Waals surface area contributed by atoms with E-state index in [1.165, 1.54) is 69.7 Å². The lowest BCUT2D eigenvalue weighted by Crippen LogP contribution is -2.40. The number of nitrogens with zero attached hydrogens (tertiary/aromatic N) is 3. The summed E-state index contributed by atoms with van der Waals surface area (Å²) >= 11 is 0. The van der Waals surface area contributed by atoms with E-state index in [9.17, 15) is 0 Å². The molecule has 3 heterocycles. The van der Waals surface area contributed by atoms with Gasteiger partial charge in [-0.05, 0) is 69.9 Å². The summed E-state index contributed by atoms with van der Waals surface area (Å²) in [6.45, 7) is 13.2. The summed E-state index contributed by atoms with van der Waals surface area (Å²) in [6.07, 6.45) is 9.90. The molecule has 3 nitrogen and oxygen atoms in total. The predicted octanol–water partition coefficient (Wildman–Crippen LogP) is 4.15. The van der Waals surface area contributed by atoms with E-state index < -0.39 is 0 Å². The molecule has 130 valence electrons. The van der Waals surface area contributed by atoms with Crippen LogP contribution in [0.3, 0.4) is 0 Å². The predicted molar refractivity (Wildman–Crippen MR) is 96.6 cm³/mol. The first-order chi connectivity index (χ1) is 11.1. The Hall–Kier alpha value is -0.830. The summed E-state index contributed by atoms with van der Waals surface area (Å²) in [5, 5.41) is 0. The molecule has 2 aliphatic rings. The lowest BCUT2D eigenvalue weighted by Gasteiger charge is -2.36. The van der Waals surface area contributed by atoms with E-state index in [0.717, 1.165) is 23.8 Å². The number of likely N-dealkylation sites (tertiary alicyclic amines) is 1. The highest BCUT2D eigenvalue weighted by Crippen LogP contribution is 2.29. The van der Waals surface area contributed by atoms with Crippen LogP contribution in [0.1, 0.15) is 64.9 Å². The SMILES string of the molecule is CCC(C)N1CCC(Cc2ncc3n2CCC(C(C)C)C3)CC1. The van der Waals surface area contributed by atoms with Gasteiger partial charge >= 0.3 is 0 Å². The average molecular weight is 318 g/mol. The maximum Gasteiger partial charge on any atom is 0.109 e. The van der Waals surface area contributed by atoms with Gasteiger partial charge in [-0.25, -0.2) is 4.98 Å². The summed E-state index contributed by atoms with van der Waals surface area (Å²) in [5.74, 6) is 3.85. The van der Waals surface area contributed by atoms with Gasteiger partial charge in [0.05, 0.1) is 0 Å². The molecular weight excluding hydrogens is 282 g/mol. The molecule has 1 aromatic rings. The fourth-order valence-electron chi connectivity index (χ4n) is 4.40. The number of fused-ring (bicyclic) bond motifs is 1. The minimum absolute atomic E-state index is 0.753. The van der Waals surface area contributed by atoms with Gasteiger partial charge in [0.2, 0.25) is 0 Å². The minimum atomic E-state index is 0.753. The summed E-state index contributed by atoms with van der Waals surface area (Å²) in [4.78, 5) is 7.48. The van der Waals surface area contributed by atoms with Gasteiger partial charge in [0, 0.05) is 30.9 Å². The van der Waals surface area contributed by atoms with E-state index in [2.05, 4.69) is 43.4 Å². The Balaban J connectivity index is 1.56. The van der Waals surface area contributed by atoms with Crippen LogP contribution in [-0.4, -0.2) is 33.6 Å². The Morgan fingerprint density at radius 2 is 1.87 bits per heavy atom. The van der Waals surface area contributed by atoms with E-state index in [-0.39, 0.29) is 0 Å². The van der Waals surface area contributed by atoms with Crippen LogP contribution in [0.25, 0.3) is 0 Å². The molecule has 2 aliphatic heterocycles. The van der Waals surface area contributed by atoms with Crippen molar-refractivity contribution in [3.8, 4) is 0 Å². The smallest absolute Gasteiger partial charge is 0.109 e. The van der Waals surface area contributed by atoms with Crippen molar-refractivity contribution in [2.24, 2.45) is 17.8 Å². The number of hydrogen-bond donors (Lipinski definition) is 0. The standard InChI is InChI=1S/C20H35N3/c1-5-16(4)22-9-6-17(7-10-22)12-20-21-14-19-13-18(15(2)3)8-11-23(19)20/h14-18H,5-13H2,1-4H3. The third kappa shape index (κ3) is 3.81. The van der Waals surface area contributed by atoms with E-state index >= 15 is 0 Å². The summed E-state index contributed by atoms with van der Waals surface area (Å²) in [7, 11) is 0. The maximum absolute atomic E-state index is 4.81. The van der Waals surface area contributed by atoms with E-state index in [1.807, 2.05) is 0 Å². The number of imidazole rings is 1. The van der Waals surface area contributed by atoms with Crippen molar-refractivity contribution < 1.29 is 0 Å². The fourth-order valence-corrected chi connectivity index (χ4v) is 4.40. The van der Waals surface area contributed by atoms with Gasteiger partial charge in [-0.3, -0.25) is 0 Å². The number of piperidine rings is 1. The fraction of sp³-hybridized carbons (Fsp3) is 0.850. The van der Waals surface area contributed by atoms with Crippen LogP contribution in [-0.2, 0) is 19.4 Å². The molecule has 1 fully saturated rings. The minimum Gasteiger partial charge on any atom is -0.332 e. The topological polar surface area (TPSA) is 21.1 Å². The Morgan fingerprint density at radius 1 is 1.13 bits per heavy atom. The van der Waals surface area contributed by atoms with Gasteiger partial charge in [0.25, 0.3) is 0 Å². The summed E-state index contributed by atoms with van der Waals surface area (Å²) in [6, 6.07) is 0.753. The van der Waals surface area contributed by atoms with E-state index in [0.29, 0.717) is 0 Å². The summed E-state index contributed by atoms with van der Waals surface area (Å²) in [5.41, 5.74) is 1.49. The van der Waals surface area contributed by atoms with Crippen LogP contribution in [0.4, 0.5) is 0 Å². The Morgan fingerprint density at radius 3 is 2.52 bits per heavy atom. The molecule has 0 radical (unpaired) electrons. The van der Waals surface area contributed by atoms with E-state index in [4.69, 9.17) is 4.98 Å². The largest absolute Gasteiger partial charge is 0.332 e. The highest BCUT2D eigenvalue weighted by molar-refractivity contribution is 5.10. The first kappa shape index (κ1) is 17.0. The third-order valence-corrected chi connectivity index (χ3v) is 6.49. The molecule has 0 spiro atoms. The number of rotatable bonds is 5. The Labute approximate surface area is 142 Å². The van der Waals surface area contributed by atoms with E-state index in [1.54, 1.807) is 0 Å². The van der Waals surface area contributed by atoms with Gasteiger partial charge in [-0.15, -0.1) is 0 Å². The van der Waals surface area contributed by atoms with Gasteiger partial charge in [0.15, 0.2) is 0 Å². The lowest BCUT2D eigenvalue weighted by atomic mass is 9.86. The van der Waals surface area contributed by atoms with Gasteiger partial charge in [-0.2, -0.15) is 0 Å². The van der Waals surface area contributed by atoms with Crippen molar-refractivity contribution in [1.82, 2.24) is 14.5 Å².